The van der Waals surface area contributed by atoms with Crippen LogP contribution in [-0.2, 0) is 9.53 Å². The summed E-state index contributed by atoms with van der Waals surface area (Å²) in [5, 5.41) is 9.64. The van der Waals surface area contributed by atoms with Gasteiger partial charge in [-0.2, -0.15) is 0 Å². The van der Waals surface area contributed by atoms with Gasteiger partial charge in [0.05, 0.1) is 0 Å². The van der Waals surface area contributed by atoms with Gasteiger partial charge in [0.1, 0.15) is 17.2 Å². The molecule has 0 saturated carbocycles. The van der Waals surface area contributed by atoms with Crippen molar-refractivity contribution < 1.29 is 19.0 Å². The van der Waals surface area contributed by atoms with Gasteiger partial charge in [0.15, 0.2) is 6.10 Å². The first-order valence-corrected chi connectivity index (χ1v) is 7.39. The zero-order valence-corrected chi connectivity index (χ0v) is 11.8. The third-order valence-corrected chi connectivity index (χ3v) is 4.57. The predicted octanol–water partition coefficient (Wildman–Crippen LogP) is 2.95. The minimum Gasteiger partial charge on any atom is -0.454 e. The number of halogens is 1. The fourth-order valence-electron chi connectivity index (χ4n) is 2.25. The van der Waals surface area contributed by atoms with Crippen LogP contribution in [0.25, 0.3) is 0 Å². The minimum absolute atomic E-state index is 0.337. The van der Waals surface area contributed by atoms with Gasteiger partial charge >= 0.3 is 5.97 Å². The molecule has 1 heterocycles. The summed E-state index contributed by atoms with van der Waals surface area (Å²) in [7, 11) is 0. The Kier molecular flexibility index (Phi) is 3.94. The van der Waals surface area contributed by atoms with Crippen molar-refractivity contribution in [1.82, 2.24) is 0 Å². The van der Waals surface area contributed by atoms with Crippen molar-refractivity contribution >= 4 is 17.7 Å². The van der Waals surface area contributed by atoms with E-state index in [1.165, 1.54) is 23.9 Å². The molecule has 1 saturated heterocycles. The van der Waals surface area contributed by atoms with E-state index in [0.717, 1.165) is 5.56 Å². The molecule has 0 bridgehead atoms. The molecule has 1 fully saturated rings. The number of aliphatic hydroxyl groups is 1. The first-order valence-electron chi connectivity index (χ1n) is 6.51. The minimum atomic E-state index is -0.935. The Morgan fingerprint density at radius 2 is 1.71 bits per heavy atom. The summed E-state index contributed by atoms with van der Waals surface area (Å²) < 4.78 is 18.2. The quantitative estimate of drug-likeness (QED) is 0.886. The molecule has 1 aliphatic heterocycles. The van der Waals surface area contributed by atoms with E-state index in [0.29, 0.717) is 4.90 Å². The fourth-order valence-corrected chi connectivity index (χ4v) is 3.27. The van der Waals surface area contributed by atoms with Crippen molar-refractivity contribution in [2.24, 2.45) is 0 Å². The Bertz CT molecular complexity index is 630. The van der Waals surface area contributed by atoms with Crippen molar-refractivity contribution in [1.29, 1.82) is 0 Å². The smallest absolute Gasteiger partial charge is 0.322 e. The van der Waals surface area contributed by atoms with E-state index in [-0.39, 0.29) is 5.82 Å². The number of benzene rings is 2. The molecule has 1 aliphatic rings. The lowest BCUT2D eigenvalue weighted by atomic mass is 10.0. The SMILES string of the molecule is O=C1O[C@@H](c2ccccc2)[C@@H](O)[C@H]1Sc1ccc(F)cc1. The van der Waals surface area contributed by atoms with Gasteiger partial charge in [0.2, 0.25) is 0 Å². The van der Waals surface area contributed by atoms with Crippen molar-refractivity contribution in [3.63, 3.8) is 0 Å². The van der Waals surface area contributed by atoms with E-state index >= 15 is 0 Å². The fraction of sp³-hybridized carbons (Fsp3) is 0.188. The lowest BCUT2D eigenvalue weighted by Gasteiger charge is -2.15. The number of rotatable bonds is 3. The van der Waals surface area contributed by atoms with Crippen LogP contribution in [0.2, 0.25) is 0 Å². The van der Waals surface area contributed by atoms with Gasteiger partial charge in [-0.3, -0.25) is 4.79 Å². The predicted molar refractivity (Wildman–Crippen MR) is 77.3 cm³/mol. The van der Waals surface area contributed by atoms with E-state index in [4.69, 9.17) is 4.74 Å². The molecular formula is C16H13FO3S. The van der Waals surface area contributed by atoms with Gasteiger partial charge in [0, 0.05) is 4.90 Å². The number of esters is 1. The van der Waals surface area contributed by atoms with E-state index in [1.807, 2.05) is 30.3 Å². The highest BCUT2D eigenvalue weighted by atomic mass is 32.2. The van der Waals surface area contributed by atoms with Gasteiger partial charge in [-0.25, -0.2) is 4.39 Å². The topological polar surface area (TPSA) is 46.5 Å². The highest BCUT2D eigenvalue weighted by Gasteiger charge is 2.45. The molecule has 5 heteroatoms. The number of hydrogen-bond acceptors (Lipinski definition) is 4. The highest BCUT2D eigenvalue weighted by molar-refractivity contribution is 8.00. The summed E-state index contributed by atoms with van der Waals surface area (Å²) in [6.07, 6.45) is -1.59. The molecule has 1 N–H and O–H groups in total. The van der Waals surface area contributed by atoms with Crippen LogP contribution in [0.1, 0.15) is 11.7 Å². The van der Waals surface area contributed by atoms with Crippen LogP contribution in [0.4, 0.5) is 4.39 Å². The molecule has 0 unspecified atom stereocenters. The van der Waals surface area contributed by atoms with Crippen molar-refractivity contribution in [2.45, 2.75) is 22.4 Å². The maximum Gasteiger partial charge on any atom is 0.322 e. The number of ether oxygens (including phenoxy) is 1. The molecule has 0 radical (unpaired) electrons. The molecule has 3 nitrogen and oxygen atoms in total. The molecule has 2 aromatic rings. The molecule has 21 heavy (non-hydrogen) atoms. The lowest BCUT2D eigenvalue weighted by Crippen LogP contribution is -2.24. The second kappa shape index (κ2) is 5.87. The summed E-state index contributed by atoms with van der Waals surface area (Å²) in [6.45, 7) is 0. The molecular weight excluding hydrogens is 291 g/mol. The number of thioether (sulfide) groups is 1. The summed E-state index contributed by atoms with van der Waals surface area (Å²) in [6, 6.07) is 14.9. The Balaban J connectivity index is 1.78. The molecule has 0 aromatic heterocycles. The van der Waals surface area contributed by atoms with E-state index in [1.54, 1.807) is 12.1 Å². The van der Waals surface area contributed by atoms with Gasteiger partial charge in [-0.1, -0.05) is 30.3 Å². The van der Waals surface area contributed by atoms with Crippen LogP contribution >= 0.6 is 11.8 Å². The Labute approximate surface area is 125 Å². The number of carbonyl (C=O) groups is 1. The molecule has 0 spiro atoms. The largest absolute Gasteiger partial charge is 0.454 e. The lowest BCUT2D eigenvalue weighted by molar-refractivity contribution is -0.141. The van der Waals surface area contributed by atoms with Crippen LogP contribution < -0.4 is 0 Å². The molecule has 0 amide bonds. The number of hydrogen-bond donors (Lipinski definition) is 1. The number of aliphatic hydroxyl groups excluding tert-OH is 1. The van der Waals surface area contributed by atoms with Gasteiger partial charge in [-0.15, -0.1) is 11.8 Å². The maximum absolute atomic E-state index is 12.9. The van der Waals surface area contributed by atoms with Crippen LogP contribution in [0.5, 0.6) is 0 Å². The second-order valence-corrected chi connectivity index (χ2v) is 5.97. The number of cyclic esters (lactones) is 1. The maximum atomic E-state index is 12.9. The highest BCUT2D eigenvalue weighted by Crippen LogP contribution is 2.39. The average Bonchev–Trinajstić information content (AvgIpc) is 2.78. The molecule has 2 aromatic carbocycles. The van der Waals surface area contributed by atoms with Crippen molar-refractivity contribution in [2.75, 3.05) is 0 Å². The second-order valence-electron chi connectivity index (χ2n) is 4.75. The van der Waals surface area contributed by atoms with E-state index in [2.05, 4.69) is 0 Å². The van der Waals surface area contributed by atoms with Gasteiger partial charge in [0.25, 0.3) is 0 Å². The van der Waals surface area contributed by atoms with Crippen molar-refractivity contribution in [3.05, 3.63) is 66.0 Å². The third kappa shape index (κ3) is 2.94. The molecule has 3 atom stereocenters. The third-order valence-electron chi connectivity index (χ3n) is 3.30. The zero-order chi connectivity index (χ0) is 14.8. The van der Waals surface area contributed by atoms with Gasteiger partial charge in [-0.05, 0) is 29.8 Å². The first-order chi connectivity index (χ1) is 10.1. The molecule has 3 rings (SSSR count). The van der Waals surface area contributed by atoms with Crippen LogP contribution in [0.3, 0.4) is 0 Å². The number of carbonyl (C=O) groups excluding carboxylic acids is 1. The Hall–Kier alpha value is -1.85. The summed E-state index contributed by atoms with van der Waals surface area (Å²) >= 11 is 1.18. The first kappa shape index (κ1) is 14.1. The Morgan fingerprint density at radius 1 is 1.05 bits per heavy atom. The monoisotopic (exact) mass is 304 g/mol. The Morgan fingerprint density at radius 3 is 2.38 bits per heavy atom. The van der Waals surface area contributed by atoms with Crippen LogP contribution in [-0.4, -0.2) is 22.4 Å². The van der Waals surface area contributed by atoms with Crippen molar-refractivity contribution in [3.8, 4) is 0 Å². The molecule has 108 valence electrons. The van der Waals surface area contributed by atoms with Crippen LogP contribution in [0.15, 0.2) is 59.5 Å². The normalized spacial score (nSPS) is 24.9. The van der Waals surface area contributed by atoms with Gasteiger partial charge < -0.3 is 9.84 Å². The van der Waals surface area contributed by atoms with E-state index < -0.39 is 23.4 Å². The average molecular weight is 304 g/mol. The van der Waals surface area contributed by atoms with Crippen LogP contribution in [0, 0.1) is 5.82 Å². The summed E-state index contributed by atoms with van der Waals surface area (Å²) in [5.74, 6) is -0.790. The standard InChI is InChI=1S/C16H13FO3S/c17-11-6-8-12(9-7-11)21-15-13(18)14(20-16(15)19)10-4-2-1-3-5-10/h1-9,13-15,18H/t13-,14+,15-/m1/s1. The zero-order valence-electron chi connectivity index (χ0n) is 11.0. The molecule has 0 aliphatic carbocycles. The van der Waals surface area contributed by atoms with E-state index in [9.17, 15) is 14.3 Å². The summed E-state index contributed by atoms with van der Waals surface area (Å²) in [4.78, 5) is 12.7. The summed E-state index contributed by atoms with van der Waals surface area (Å²) in [5.41, 5.74) is 0.764.